The zero-order valence-electron chi connectivity index (χ0n) is 16.4. The summed E-state index contributed by atoms with van der Waals surface area (Å²) in [6.45, 7) is 8.51. The lowest BCUT2D eigenvalue weighted by atomic mass is 9.34. The lowest BCUT2D eigenvalue weighted by Crippen LogP contribution is -3.00. The highest BCUT2D eigenvalue weighted by molar-refractivity contribution is 5.65. The maximum Gasteiger partial charge on any atom is 0.165 e. The van der Waals surface area contributed by atoms with E-state index >= 15 is 0 Å². The third-order valence-corrected chi connectivity index (χ3v) is 9.43. The van der Waals surface area contributed by atoms with Crippen molar-refractivity contribution in [3.8, 4) is 0 Å². The second-order valence-corrected chi connectivity index (χ2v) is 10.4. The van der Waals surface area contributed by atoms with Gasteiger partial charge in [0, 0.05) is 10.8 Å². The predicted octanol–water partition coefficient (Wildman–Crippen LogP) is -1.03. The van der Waals surface area contributed by atoms with Crippen molar-refractivity contribution >= 4 is 6.21 Å². The molecule has 5 saturated carbocycles. The average Bonchev–Trinajstić information content (AvgIpc) is 2.60. The van der Waals surface area contributed by atoms with E-state index in [-0.39, 0.29) is 29.8 Å². The Morgan fingerprint density at radius 1 is 1.19 bits per heavy atom. The summed E-state index contributed by atoms with van der Waals surface area (Å²) in [7, 11) is 0. The topological polar surface area (TPSA) is 63.7 Å². The molecule has 0 radical (unpaired) electrons. The van der Waals surface area contributed by atoms with Crippen LogP contribution in [0.5, 0.6) is 0 Å². The minimum absolute atomic E-state index is 0. The molecule has 3 N–H and O–H groups in total. The number of aliphatic hydroxyl groups is 3. The second-order valence-electron chi connectivity index (χ2n) is 10.4. The van der Waals surface area contributed by atoms with E-state index in [0.717, 1.165) is 37.8 Å². The fourth-order valence-electron chi connectivity index (χ4n) is 8.47. The first kappa shape index (κ1) is 19.9. The van der Waals surface area contributed by atoms with E-state index in [9.17, 15) is 15.3 Å². The third kappa shape index (κ3) is 2.30. The third-order valence-electron chi connectivity index (χ3n) is 9.43. The van der Waals surface area contributed by atoms with Crippen LogP contribution in [0.25, 0.3) is 0 Å². The molecule has 0 aromatic rings. The van der Waals surface area contributed by atoms with E-state index in [4.69, 9.17) is 0 Å². The first-order valence-corrected chi connectivity index (χ1v) is 10.6. The molecule has 152 valence electrons. The Balaban J connectivity index is 0.00000180. The SMILES string of the molecule is C=C1[C@H]2CC[C@@]3([C@H](O)C[C@@H]4[C@@]5(C)CCC[C@@]4(C=[N+](CCO)C5)[C@@H]3C2)[C@@H]1O.[Cl-]. The molecule has 5 fully saturated rings. The first-order valence-electron chi connectivity index (χ1n) is 10.6. The van der Waals surface area contributed by atoms with Crippen molar-refractivity contribution in [1.82, 2.24) is 0 Å². The zero-order chi connectivity index (χ0) is 18.3. The van der Waals surface area contributed by atoms with Gasteiger partial charge < -0.3 is 27.7 Å². The Morgan fingerprint density at radius 2 is 1.96 bits per heavy atom. The Labute approximate surface area is 168 Å². The van der Waals surface area contributed by atoms with Crippen molar-refractivity contribution in [3.63, 3.8) is 0 Å². The number of fused-ring (bicyclic) bond motifs is 2. The van der Waals surface area contributed by atoms with Crippen LogP contribution in [0.3, 0.4) is 0 Å². The van der Waals surface area contributed by atoms with Crippen LogP contribution in [0.15, 0.2) is 12.2 Å². The molecule has 6 aliphatic rings. The maximum absolute atomic E-state index is 11.4. The van der Waals surface area contributed by atoms with Gasteiger partial charge in [0.25, 0.3) is 0 Å². The molecule has 1 spiro atoms. The summed E-state index contributed by atoms with van der Waals surface area (Å²) in [6.07, 6.45) is 8.98. The van der Waals surface area contributed by atoms with Gasteiger partial charge in [-0.05, 0) is 61.9 Å². The summed E-state index contributed by atoms with van der Waals surface area (Å²) in [6, 6.07) is 0. The van der Waals surface area contributed by atoms with E-state index in [2.05, 4.69) is 24.3 Å². The van der Waals surface area contributed by atoms with E-state index in [1.807, 2.05) is 0 Å². The average molecular weight is 396 g/mol. The summed E-state index contributed by atoms with van der Waals surface area (Å²) in [4.78, 5) is 0. The van der Waals surface area contributed by atoms with Crippen LogP contribution in [-0.2, 0) is 0 Å². The Morgan fingerprint density at radius 3 is 2.70 bits per heavy atom. The highest BCUT2D eigenvalue weighted by Gasteiger charge is 2.73. The van der Waals surface area contributed by atoms with Crippen molar-refractivity contribution in [3.05, 3.63) is 12.2 Å². The van der Waals surface area contributed by atoms with Gasteiger partial charge >= 0.3 is 0 Å². The summed E-state index contributed by atoms with van der Waals surface area (Å²) in [5.74, 6) is 1.24. The zero-order valence-corrected chi connectivity index (χ0v) is 17.2. The molecule has 0 amide bonds. The molecule has 4 bridgehead atoms. The number of β-amino-alcohol motifs (C(OH)–C–C–N with tert-alkyl or cyclic N) is 1. The van der Waals surface area contributed by atoms with Crippen LogP contribution in [-0.4, -0.2) is 58.0 Å². The van der Waals surface area contributed by atoms with Gasteiger partial charge in [-0.1, -0.05) is 19.9 Å². The van der Waals surface area contributed by atoms with Crippen LogP contribution in [0.1, 0.15) is 51.9 Å². The van der Waals surface area contributed by atoms with Gasteiger partial charge in [-0.2, -0.15) is 0 Å². The van der Waals surface area contributed by atoms with Gasteiger partial charge in [-0.3, -0.25) is 0 Å². The second kappa shape index (κ2) is 6.29. The monoisotopic (exact) mass is 395 g/mol. The molecule has 4 nitrogen and oxygen atoms in total. The Kier molecular flexibility index (Phi) is 4.63. The summed E-state index contributed by atoms with van der Waals surface area (Å²) in [5, 5.41) is 32.1. The quantitative estimate of drug-likeness (QED) is 0.414. The van der Waals surface area contributed by atoms with Gasteiger partial charge in [-0.15, -0.1) is 0 Å². The molecule has 0 saturated heterocycles. The summed E-state index contributed by atoms with van der Waals surface area (Å²) >= 11 is 0. The molecule has 0 aromatic carbocycles. The highest BCUT2D eigenvalue weighted by atomic mass is 35.5. The van der Waals surface area contributed by atoms with Crippen molar-refractivity contribution in [2.45, 2.75) is 64.1 Å². The standard InChI is InChI=1S/C22H34NO3.ClH/c1-14-15-4-7-22(19(14)26)17(10-15)21-6-3-5-20(2,16(21)11-18(22)25)12-23(13-21)8-9-24;/h13,15-19,24-26H,1,3-12H2,2H3;1H/q+1;/p-1/t15-,16+,17-,18+,19+,20-,21-,22+;/m0./s1. The fraction of sp³-hybridized carbons (Fsp3) is 0.864. The number of halogens is 1. The van der Waals surface area contributed by atoms with Gasteiger partial charge in [0.2, 0.25) is 0 Å². The Bertz CT molecular complexity index is 680. The molecule has 8 atom stereocenters. The van der Waals surface area contributed by atoms with E-state index in [1.54, 1.807) is 0 Å². The lowest BCUT2D eigenvalue weighted by molar-refractivity contribution is -0.560. The van der Waals surface area contributed by atoms with Crippen LogP contribution >= 0.6 is 0 Å². The largest absolute Gasteiger partial charge is 1.00 e. The number of hydrogen-bond donors (Lipinski definition) is 3. The molecule has 5 aliphatic carbocycles. The molecule has 27 heavy (non-hydrogen) atoms. The molecule has 0 aromatic heterocycles. The normalized spacial score (nSPS) is 53.1. The van der Waals surface area contributed by atoms with Crippen LogP contribution in [0, 0.1) is 34.0 Å². The maximum atomic E-state index is 11.4. The highest BCUT2D eigenvalue weighted by Crippen LogP contribution is 2.72. The summed E-state index contributed by atoms with van der Waals surface area (Å²) < 4.78 is 2.37. The molecular weight excluding hydrogens is 362 g/mol. The smallest absolute Gasteiger partial charge is 0.165 e. The number of aliphatic hydroxyl groups excluding tert-OH is 3. The fourth-order valence-corrected chi connectivity index (χ4v) is 8.47. The van der Waals surface area contributed by atoms with E-state index < -0.39 is 17.6 Å². The van der Waals surface area contributed by atoms with Crippen LogP contribution < -0.4 is 12.4 Å². The molecule has 1 aliphatic heterocycles. The van der Waals surface area contributed by atoms with Crippen LogP contribution in [0.2, 0.25) is 0 Å². The molecule has 0 unspecified atom stereocenters. The lowest BCUT2D eigenvalue weighted by Gasteiger charge is -2.70. The molecule has 1 heterocycles. The summed E-state index contributed by atoms with van der Waals surface area (Å²) in [5.41, 5.74) is 0.839. The van der Waals surface area contributed by atoms with Crippen molar-refractivity contribution < 1.29 is 32.3 Å². The van der Waals surface area contributed by atoms with Crippen LogP contribution in [0.4, 0.5) is 0 Å². The first-order chi connectivity index (χ1) is 12.4. The molecule has 6 rings (SSSR count). The minimum atomic E-state index is -0.555. The van der Waals surface area contributed by atoms with Gasteiger partial charge in [-0.25, -0.2) is 4.58 Å². The Hall–Kier alpha value is -0.420. The predicted molar refractivity (Wildman–Crippen MR) is 100 cm³/mol. The van der Waals surface area contributed by atoms with E-state index in [0.29, 0.717) is 24.3 Å². The van der Waals surface area contributed by atoms with Crippen molar-refractivity contribution in [1.29, 1.82) is 0 Å². The van der Waals surface area contributed by atoms with E-state index in [1.165, 1.54) is 19.3 Å². The van der Waals surface area contributed by atoms with Crippen molar-refractivity contribution in [2.75, 3.05) is 19.7 Å². The number of hydrogen-bond acceptors (Lipinski definition) is 3. The van der Waals surface area contributed by atoms with Gasteiger partial charge in [0.05, 0.1) is 17.6 Å². The number of rotatable bonds is 2. The molecular formula is C22H34ClNO3. The molecule has 5 heteroatoms. The minimum Gasteiger partial charge on any atom is -1.00 e. The van der Waals surface area contributed by atoms with Gasteiger partial charge in [0.15, 0.2) is 6.54 Å². The van der Waals surface area contributed by atoms with Gasteiger partial charge in [0.1, 0.15) is 19.4 Å². The number of nitrogens with zero attached hydrogens (tertiary/aromatic N) is 1. The van der Waals surface area contributed by atoms with Crippen molar-refractivity contribution in [2.24, 2.45) is 34.0 Å².